The maximum absolute atomic E-state index is 13.6. The molecule has 0 spiro atoms. The highest BCUT2D eigenvalue weighted by Crippen LogP contribution is 2.52. The molecule has 0 bridgehead atoms. The number of hydrogen-bond donors (Lipinski definition) is 0. The number of ether oxygens (including phenoxy) is 5. The molecule has 0 amide bonds. The van der Waals surface area contributed by atoms with E-state index in [1.807, 2.05) is 27.7 Å². The Morgan fingerprint density at radius 3 is 2.19 bits per heavy atom. The van der Waals surface area contributed by atoms with Crippen LogP contribution in [-0.2, 0) is 46.5 Å². The van der Waals surface area contributed by atoms with E-state index in [0.717, 1.165) is 18.4 Å². The minimum absolute atomic E-state index is 0.0811. The van der Waals surface area contributed by atoms with Gasteiger partial charge in [-0.25, -0.2) is 0 Å². The number of hydrogen-bond acceptors (Lipinski definition) is 10. The molecule has 2 rings (SSSR count). The van der Waals surface area contributed by atoms with E-state index in [1.165, 1.54) is 19.8 Å². The lowest BCUT2D eigenvalue weighted by Gasteiger charge is -2.47. The summed E-state index contributed by atoms with van der Waals surface area (Å²) in [5.41, 5.74) is 1.32. The Balaban J connectivity index is 2.15. The molecule has 12 heteroatoms. The summed E-state index contributed by atoms with van der Waals surface area (Å²) in [6.07, 6.45) is 10.4. The maximum atomic E-state index is 13.6. The van der Waals surface area contributed by atoms with Gasteiger partial charge in [-0.1, -0.05) is 56.2 Å². The molecule has 0 aromatic carbocycles. The average molecular weight is 717 g/mol. The number of carbonyl (C=O) groups is 1. The van der Waals surface area contributed by atoms with E-state index < -0.39 is 45.1 Å². The Kier molecular flexibility index (Phi) is 16.0. The molecule has 2 heterocycles. The lowest BCUT2D eigenvalue weighted by molar-refractivity contribution is -0.326. The third kappa shape index (κ3) is 12.6. The fourth-order valence-corrected chi connectivity index (χ4v) is 7.92. The molecule has 0 aromatic rings. The van der Waals surface area contributed by atoms with Gasteiger partial charge in [0.25, 0.3) is 0 Å². The highest BCUT2D eigenvalue weighted by Gasteiger charge is 2.53. The standard InChI is InChI=1S/C36H65O10PSi/c1-14-41-32(37)35(9,21-20-28(2)18-16-15-17-19-29(3)26-44-48(12,13)33(4,5)6)31-24-30(45-34(7,8)46-31)25-36(42-22-23-43-36)27-47(38,39-10)40-11/h16,18-20,30-31H,14-15,17,21-27H2,1-13H3/b18-16+,28-20+,29-19+/t30-,31+,35?/m0/s1. The minimum Gasteiger partial charge on any atom is -0.465 e. The lowest BCUT2D eigenvalue weighted by atomic mass is 9.76. The first kappa shape index (κ1) is 43.0. The fourth-order valence-electron chi connectivity index (χ4n) is 5.59. The molecular weight excluding hydrogens is 651 g/mol. The molecule has 2 aliphatic heterocycles. The fraction of sp³-hybridized carbons (Fsp3) is 0.806. The van der Waals surface area contributed by atoms with Gasteiger partial charge in [-0.05, 0) is 78.9 Å². The van der Waals surface area contributed by atoms with Gasteiger partial charge in [-0.3, -0.25) is 9.36 Å². The first-order chi connectivity index (χ1) is 22.2. The largest absolute Gasteiger partial charge is 0.465 e. The van der Waals surface area contributed by atoms with Gasteiger partial charge in [0.15, 0.2) is 19.9 Å². The van der Waals surface area contributed by atoms with Crippen molar-refractivity contribution in [3.8, 4) is 0 Å². The molecule has 2 fully saturated rings. The zero-order valence-electron chi connectivity index (χ0n) is 32.1. The van der Waals surface area contributed by atoms with Gasteiger partial charge < -0.3 is 37.2 Å². The summed E-state index contributed by atoms with van der Waals surface area (Å²) in [5.74, 6) is -2.55. The zero-order chi connectivity index (χ0) is 36.4. The zero-order valence-corrected chi connectivity index (χ0v) is 34.0. The van der Waals surface area contributed by atoms with Crippen LogP contribution in [0.2, 0.25) is 18.1 Å². The molecule has 1 unspecified atom stereocenters. The van der Waals surface area contributed by atoms with E-state index in [4.69, 9.17) is 37.2 Å². The van der Waals surface area contributed by atoms with Crippen molar-refractivity contribution in [2.24, 2.45) is 5.41 Å². The Hall–Kier alpha value is -1.14. The molecule has 3 atom stereocenters. The van der Waals surface area contributed by atoms with Crippen LogP contribution in [0, 0.1) is 5.41 Å². The molecule has 2 aliphatic rings. The molecule has 0 radical (unpaired) electrons. The predicted octanol–water partition coefficient (Wildman–Crippen LogP) is 8.73. The Bertz CT molecular complexity index is 1170. The van der Waals surface area contributed by atoms with E-state index in [9.17, 15) is 9.36 Å². The molecule has 0 saturated carbocycles. The van der Waals surface area contributed by atoms with E-state index in [1.54, 1.807) is 6.92 Å². The van der Waals surface area contributed by atoms with Crippen LogP contribution in [-0.4, -0.2) is 84.9 Å². The second kappa shape index (κ2) is 17.9. The van der Waals surface area contributed by atoms with Crippen LogP contribution >= 0.6 is 7.60 Å². The molecule has 10 nitrogen and oxygen atoms in total. The minimum atomic E-state index is -3.46. The van der Waals surface area contributed by atoms with E-state index >= 15 is 0 Å². The van der Waals surface area contributed by atoms with Crippen molar-refractivity contribution in [3.63, 3.8) is 0 Å². The third-order valence-electron chi connectivity index (χ3n) is 9.67. The van der Waals surface area contributed by atoms with Crippen molar-refractivity contribution in [3.05, 3.63) is 35.5 Å². The molecular formula is C36H65O10PSi. The summed E-state index contributed by atoms with van der Waals surface area (Å²) < 4.78 is 60.2. The maximum Gasteiger partial charge on any atom is 0.335 e. The van der Waals surface area contributed by atoms with Crippen LogP contribution in [0.5, 0.6) is 0 Å². The van der Waals surface area contributed by atoms with Crippen molar-refractivity contribution in [2.75, 3.05) is 46.8 Å². The molecule has 48 heavy (non-hydrogen) atoms. The second-order valence-corrected chi connectivity index (χ2v) is 22.4. The van der Waals surface area contributed by atoms with Crippen molar-refractivity contribution >= 4 is 21.9 Å². The topological polar surface area (TPSA) is 108 Å². The van der Waals surface area contributed by atoms with Crippen LogP contribution < -0.4 is 0 Å². The normalized spacial score (nSPS) is 23.8. The summed E-state index contributed by atoms with van der Waals surface area (Å²) in [5, 5.41) is 0.196. The van der Waals surface area contributed by atoms with Crippen molar-refractivity contribution in [1.29, 1.82) is 0 Å². The smallest absolute Gasteiger partial charge is 0.335 e. The van der Waals surface area contributed by atoms with Gasteiger partial charge in [-0.15, -0.1) is 0 Å². The lowest BCUT2D eigenvalue weighted by Crippen LogP contribution is -2.55. The Labute approximate surface area is 291 Å². The van der Waals surface area contributed by atoms with Crippen LogP contribution in [0.4, 0.5) is 0 Å². The quantitative estimate of drug-likeness (QED) is 0.0341. The van der Waals surface area contributed by atoms with Crippen LogP contribution in [0.3, 0.4) is 0 Å². The Morgan fingerprint density at radius 2 is 1.62 bits per heavy atom. The monoisotopic (exact) mass is 716 g/mol. The first-order valence-electron chi connectivity index (χ1n) is 17.3. The molecule has 278 valence electrons. The summed E-state index contributed by atoms with van der Waals surface area (Å²) >= 11 is 0. The van der Waals surface area contributed by atoms with Crippen LogP contribution in [0.25, 0.3) is 0 Å². The molecule has 0 aliphatic carbocycles. The number of unbranched alkanes of at least 4 members (excludes halogenated alkanes) is 1. The van der Waals surface area contributed by atoms with Crippen molar-refractivity contribution in [2.45, 2.75) is 136 Å². The molecule has 0 N–H and O–H groups in total. The number of esters is 1. The first-order valence-corrected chi connectivity index (χ1v) is 21.9. The van der Waals surface area contributed by atoms with Gasteiger partial charge in [0.1, 0.15) is 6.16 Å². The van der Waals surface area contributed by atoms with Gasteiger partial charge in [0, 0.05) is 27.1 Å². The van der Waals surface area contributed by atoms with Crippen LogP contribution in [0.1, 0.15) is 94.4 Å². The predicted molar refractivity (Wildman–Crippen MR) is 193 cm³/mol. The number of allylic oxidation sites excluding steroid dienone is 5. The summed E-state index contributed by atoms with van der Waals surface area (Å²) in [6, 6.07) is 0. The number of rotatable bonds is 18. The van der Waals surface area contributed by atoms with E-state index in [2.05, 4.69) is 65.1 Å². The highest BCUT2D eigenvalue weighted by atomic mass is 31.2. The van der Waals surface area contributed by atoms with Gasteiger partial charge in [0.2, 0.25) is 0 Å². The highest BCUT2D eigenvalue weighted by molar-refractivity contribution is 7.53. The van der Waals surface area contributed by atoms with Gasteiger partial charge in [0.05, 0.1) is 44.1 Å². The molecule has 2 saturated heterocycles. The number of carbonyl (C=O) groups excluding carboxylic acids is 1. The van der Waals surface area contributed by atoms with Crippen molar-refractivity contribution < 1.29 is 46.5 Å². The van der Waals surface area contributed by atoms with Gasteiger partial charge >= 0.3 is 13.6 Å². The third-order valence-corrected chi connectivity index (χ3v) is 16.1. The SMILES string of the molecule is CCOC(=O)C(C)(C/C=C(C)/C=C/CC/C=C(\C)CO[Si](C)(C)C(C)(C)C)[C@H]1C[C@@H](CC2(CP(=O)(OC)OC)OCCO2)OC(C)(C)O1. The van der Waals surface area contributed by atoms with E-state index in [-0.39, 0.29) is 30.2 Å². The average Bonchev–Trinajstić information content (AvgIpc) is 3.44. The summed E-state index contributed by atoms with van der Waals surface area (Å²) in [6.45, 7) is 24.5. The van der Waals surface area contributed by atoms with E-state index in [0.29, 0.717) is 32.7 Å². The van der Waals surface area contributed by atoms with Crippen LogP contribution in [0.15, 0.2) is 35.5 Å². The summed E-state index contributed by atoms with van der Waals surface area (Å²) in [4.78, 5) is 13.6. The van der Waals surface area contributed by atoms with Gasteiger partial charge in [-0.2, -0.15) is 0 Å². The Morgan fingerprint density at radius 1 is 1.00 bits per heavy atom. The second-order valence-electron chi connectivity index (χ2n) is 15.3. The molecule has 0 aromatic heterocycles. The summed E-state index contributed by atoms with van der Waals surface area (Å²) in [7, 11) is -2.53. The van der Waals surface area contributed by atoms with Crippen molar-refractivity contribution in [1.82, 2.24) is 0 Å².